The smallest absolute Gasteiger partial charge is 0.0951 e. The van der Waals surface area contributed by atoms with E-state index in [1.165, 1.54) is 12.0 Å². The first-order valence-electron chi connectivity index (χ1n) is 7.27. The van der Waals surface area contributed by atoms with Gasteiger partial charge in [-0.1, -0.05) is 30.3 Å². The average molecular weight is 275 g/mol. The molecule has 0 amide bonds. The highest BCUT2D eigenvalue weighted by Gasteiger charge is 2.38. The standard InChI is InChI=1S/C18H17N3/c19-15-8-9-16(13-7-4-10-20-18(13)15)21-17-11-14(17)12-5-2-1-3-6-12/h1-10,14,17,21H,11,19H2. The number of nitrogens with one attached hydrogen (secondary N) is 1. The Morgan fingerprint density at radius 2 is 1.86 bits per heavy atom. The third-order valence-corrected chi connectivity index (χ3v) is 4.16. The summed E-state index contributed by atoms with van der Waals surface area (Å²) in [6, 6.07) is 19.2. The van der Waals surface area contributed by atoms with Gasteiger partial charge < -0.3 is 11.1 Å². The highest BCUT2D eigenvalue weighted by Crippen LogP contribution is 2.43. The van der Waals surface area contributed by atoms with Crippen molar-refractivity contribution in [3.05, 3.63) is 66.4 Å². The van der Waals surface area contributed by atoms with Crippen LogP contribution < -0.4 is 11.1 Å². The van der Waals surface area contributed by atoms with Crippen LogP contribution in [0.1, 0.15) is 17.9 Å². The lowest BCUT2D eigenvalue weighted by Gasteiger charge is -2.10. The molecule has 1 heterocycles. The predicted molar refractivity (Wildman–Crippen MR) is 87.4 cm³/mol. The van der Waals surface area contributed by atoms with Gasteiger partial charge in [0, 0.05) is 29.2 Å². The minimum absolute atomic E-state index is 0.499. The summed E-state index contributed by atoms with van der Waals surface area (Å²) in [5.41, 5.74) is 10.1. The van der Waals surface area contributed by atoms with Gasteiger partial charge in [0.15, 0.2) is 0 Å². The molecule has 3 aromatic rings. The zero-order valence-electron chi connectivity index (χ0n) is 11.7. The number of nitrogens with zero attached hydrogens (tertiary/aromatic N) is 1. The van der Waals surface area contributed by atoms with Gasteiger partial charge in [0.2, 0.25) is 0 Å². The van der Waals surface area contributed by atoms with Gasteiger partial charge in [-0.3, -0.25) is 4.98 Å². The molecule has 0 saturated heterocycles. The third-order valence-electron chi connectivity index (χ3n) is 4.16. The van der Waals surface area contributed by atoms with Crippen LogP contribution in [0.2, 0.25) is 0 Å². The number of hydrogen-bond acceptors (Lipinski definition) is 3. The van der Waals surface area contributed by atoms with Crippen molar-refractivity contribution in [2.45, 2.75) is 18.4 Å². The summed E-state index contributed by atoms with van der Waals surface area (Å²) >= 11 is 0. The minimum atomic E-state index is 0.499. The van der Waals surface area contributed by atoms with Crippen LogP contribution in [0.15, 0.2) is 60.8 Å². The highest BCUT2D eigenvalue weighted by atomic mass is 15.0. The second-order valence-corrected chi connectivity index (χ2v) is 5.61. The molecule has 3 N–H and O–H groups in total. The lowest BCUT2D eigenvalue weighted by atomic mass is 10.1. The number of benzene rings is 2. The predicted octanol–water partition coefficient (Wildman–Crippen LogP) is 3.79. The van der Waals surface area contributed by atoms with Gasteiger partial charge in [0.1, 0.15) is 0 Å². The largest absolute Gasteiger partial charge is 0.397 e. The van der Waals surface area contributed by atoms with Gasteiger partial charge in [0.25, 0.3) is 0 Å². The molecule has 104 valence electrons. The maximum Gasteiger partial charge on any atom is 0.0951 e. The first-order valence-corrected chi connectivity index (χ1v) is 7.27. The zero-order chi connectivity index (χ0) is 14.2. The zero-order valence-corrected chi connectivity index (χ0v) is 11.7. The summed E-state index contributed by atoms with van der Waals surface area (Å²) in [7, 11) is 0. The number of fused-ring (bicyclic) bond motifs is 1. The van der Waals surface area contributed by atoms with E-state index in [-0.39, 0.29) is 0 Å². The van der Waals surface area contributed by atoms with Crippen LogP contribution >= 0.6 is 0 Å². The van der Waals surface area contributed by atoms with Crippen molar-refractivity contribution in [2.75, 3.05) is 11.1 Å². The molecule has 21 heavy (non-hydrogen) atoms. The summed E-state index contributed by atoms with van der Waals surface area (Å²) in [6.07, 6.45) is 2.96. The van der Waals surface area contributed by atoms with E-state index < -0.39 is 0 Å². The molecule has 4 rings (SSSR count). The van der Waals surface area contributed by atoms with Crippen molar-refractivity contribution in [1.82, 2.24) is 4.98 Å². The molecule has 3 nitrogen and oxygen atoms in total. The molecule has 0 spiro atoms. The third kappa shape index (κ3) is 2.21. The summed E-state index contributed by atoms with van der Waals surface area (Å²) in [4.78, 5) is 4.38. The van der Waals surface area contributed by atoms with Crippen LogP contribution in [0.3, 0.4) is 0 Å². The molecule has 0 bridgehead atoms. The molecule has 0 radical (unpaired) electrons. The Bertz CT molecular complexity index is 783. The topological polar surface area (TPSA) is 50.9 Å². The van der Waals surface area contributed by atoms with Gasteiger partial charge >= 0.3 is 0 Å². The summed E-state index contributed by atoms with van der Waals surface area (Å²) < 4.78 is 0. The molecule has 1 saturated carbocycles. The lowest BCUT2D eigenvalue weighted by Crippen LogP contribution is -2.05. The maximum atomic E-state index is 6.00. The van der Waals surface area contributed by atoms with Crippen molar-refractivity contribution in [3.63, 3.8) is 0 Å². The average Bonchev–Trinajstić information content (AvgIpc) is 3.31. The van der Waals surface area contributed by atoms with Gasteiger partial charge in [-0.05, 0) is 36.2 Å². The Kier molecular flexibility index (Phi) is 2.78. The molecule has 2 unspecified atom stereocenters. The van der Waals surface area contributed by atoms with E-state index >= 15 is 0 Å². The molecule has 1 fully saturated rings. The SMILES string of the molecule is Nc1ccc(NC2CC2c2ccccc2)c2cccnc12. The number of aromatic nitrogens is 1. The summed E-state index contributed by atoms with van der Waals surface area (Å²) in [5.74, 6) is 0.607. The fourth-order valence-corrected chi connectivity index (χ4v) is 2.94. The number of anilines is 2. The molecule has 1 aliphatic rings. The Morgan fingerprint density at radius 3 is 2.71 bits per heavy atom. The number of nitrogens with two attached hydrogens (primary N) is 1. The molecule has 3 heteroatoms. The van der Waals surface area contributed by atoms with E-state index in [0.717, 1.165) is 22.3 Å². The molecular formula is C18H17N3. The van der Waals surface area contributed by atoms with Gasteiger partial charge in [0.05, 0.1) is 11.2 Å². The summed E-state index contributed by atoms with van der Waals surface area (Å²) in [5, 5.41) is 4.73. The van der Waals surface area contributed by atoms with E-state index in [2.05, 4.69) is 52.8 Å². The normalized spacial score (nSPS) is 20.4. The van der Waals surface area contributed by atoms with Crippen molar-refractivity contribution in [2.24, 2.45) is 0 Å². The van der Waals surface area contributed by atoms with Crippen molar-refractivity contribution in [1.29, 1.82) is 0 Å². The van der Waals surface area contributed by atoms with Crippen LogP contribution in [0, 0.1) is 0 Å². The number of pyridine rings is 1. The quantitative estimate of drug-likeness (QED) is 0.715. The molecule has 2 atom stereocenters. The van der Waals surface area contributed by atoms with Crippen LogP contribution in [0.5, 0.6) is 0 Å². The van der Waals surface area contributed by atoms with E-state index in [9.17, 15) is 0 Å². The lowest BCUT2D eigenvalue weighted by molar-refractivity contribution is 1.05. The molecule has 1 aromatic heterocycles. The van der Waals surface area contributed by atoms with Crippen LogP contribution in [-0.4, -0.2) is 11.0 Å². The Hall–Kier alpha value is -2.55. The first-order chi connectivity index (χ1) is 10.3. The van der Waals surface area contributed by atoms with Gasteiger partial charge in [-0.15, -0.1) is 0 Å². The Morgan fingerprint density at radius 1 is 1.00 bits per heavy atom. The van der Waals surface area contributed by atoms with E-state index in [4.69, 9.17) is 5.73 Å². The van der Waals surface area contributed by atoms with Crippen molar-refractivity contribution in [3.8, 4) is 0 Å². The number of nitrogen functional groups attached to an aromatic ring is 1. The van der Waals surface area contributed by atoms with Crippen LogP contribution in [0.4, 0.5) is 11.4 Å². The molecule has 0 aliphatic heterocycles. The van der Waals surface area contributed by atoms with E-state index in [1.807, 2.05) is 12.1 Å². The van der Waals surface area contributed by atoms with Gasteiger partial charge in [-0.25, -0.2) is 0 Å². The maximum absolute atomic E-state index is 6.00. The number of rotatable bonds is 3. The second-order valence-electron chi connectivity index (χ2n) is 5.61. The molecule has 2 aromatic carbocycles. The molecular weight excluding hydrogens is 258 g/mol. The second kappa shape index (κ2) is 4.77. The Balaban J connectivity index is 1.61. The fourth-order valence-electron chi connectivity index (χ4n) is 2.94. The van der Waals surface area contributed by atoms with Crippen molar-refractivity contribution >= 4 is 22.3 Å². The van der Waals surface area contributed by atoms with Crippen molar-refractivity contribution < 1.29 is 0 Å². The van der Waals surface area contributed by atoms with Crippen LogP contribution in [0.25, 0.3) is 10.9 Å². The van der Waals surface area contributed by atoms with E-state index in [0.29, 0.717) is 12.0 Å². The first kappa shape index (κ1) is 12.2. The Labute approximate surface area is 123 Å². The number of hydrogen-bond donors (Lipinski definition) is 2. The monoisotopic (exact) mass is 275 g/mol. The van der Waals surface area contributed by atoms with E-state index in [1.54, 1.807) is 6.20 Å². The highest BCUT2D eigenvalue weighted by molar-refractivity contribution is 5.98. The minimum Gasteiger partial charge on any atom is -0.397 e. The fraction of sp³-hybridized carbons (Fsp3) is 0.167. The van der Waals surface area contributed by atoms with Gasteiger partial charge in [-0.2, -0.15) is 0 Å². The van der Waals surface area contributed by atoms with Crippen LogP contribution in [-0.2, 0) is 0 Å². The molecule has 1 aliphatic carbocycles. The summed E-state index contributed by atoms with van der Waals surface area (Å²) in [6.45, 7) is 0.